The standard InChI is InChI=1S/C10H18O2.C3H6O2/c1-8(6-7-11)4-5-9-10(2,3)12-9;1-2-3(4)5/h6,9,11H,4-5,7H2,1-3H3;2H2,1H3,(H,4,5). The van der Waals surface area contributed by atoms with Crippen molar-refractivity contribution in [2.45, 2.75) is 58.7 Å². The number of hydrogen-bond acceptors (Lipinski definition) is 3. The lowest BCUT2D eigenvalue weighted by atomic mass is 10.0. The van der Waals surface area contributed by atoms with Gasteiger partial charge in [-0.15, -0.1) is 0 Å². The second-order valence-electron chi connectivity index (χ2n) is 4.73. The summed E-state index contributed by atoms with van der Waals surface area (Å²) in [6.07, 6.45) is 4.62. The van der Waals surface area contributed by atoms with Crippen LogP contribution in [0.5, 0.6) is 0 Å². The van der Waals surface area contributed by atoms with Crippen LogP contribution < -0.4 is 0 Å². The zero-order chi connectivity index (χ0) is 13.5. The van der Waals surface area contributed by atoms with E-state index in [1.165, 1.54) is 5.57 Å². The highest BCUT2D eigenvalue weighted by molar-refractivity contribution is 5.66. The van der Waals surface area contributed by atoms with Crippen LogP contribution in [0.1, 0.15) is 47.0 Å². The number of rotatable bonds is 5. The van der Waals surface area contributed by atoms with Gasteiger partial charge in [-0.2, -0.15) is 0 Å². The number of carboxylic acid groups (broad SMARTS) is 1. The Hall–Kier alpha value is -0.870. The first-order chi connectivity index (χ1) is 7.83. The smallest absolute Gasteiger partial charge is 0.303 e. The molecule has 100 valence electrons. The van der Waals surface area contributed by atoms with Gasteiger partial charge in [0.05, 0.1) is 18.3 Å². The fourth-order valence-electron chi connectivity index (χ4n) is 1.36. The molecule has 4 nitrogen and oxygen atoms in total. The summed E-state index contributed by atoms with van der Waals surface area (Å²) in [6, 6.07) is 0. The molecule has 0 aromatic heterocycles. The molecule has 1 rings (SSSR count). The molecule has 1 aliphatic heterocycles. The lowest BCUT2D eigenvalue weighted by molar-refractivity contribution is -0.136. The van der Waals surface area contributed by atoms with Crippen molar-refractivity contribution in [1.82, 2.24) is 0 Å². The molecule has 1 unspecified atom stereocenters. The van der Waals surface area contributed by atoms with Gasteiger partial charge < -0.3 is 14.9 Å². The van der Waals surface area contributed by atoms with Crippen molar-refractivity contribution in [3.8, 4) is 0 Å². The predicted molar refractivity (Wildman–Crippen MR) is 67.0 cm³/mol. The second kappa shape index (κ2) is 7.45. The van der Waals surface area contributed by atoms with Gasteiger partial charge in [-0.05, 0) is 33.6 Å². The third-order valence-corrected chi connectivity index (χ3v) is 2.71. The molecular weight excluding hydrogens is 220 g/mol. The van der Waals surface area contributed by atoms with Crippen molar-refractivity contribution < 1.29 is 19.7 Å². The molecule has 0 bridgehead atoms. The number of aliphatic hydroxyl groups is 1. The van der Waals surface area contributed by atoms with Crippen molar-refractivity contribution in [3.63, 3.8) is 0 Å². The van der Waals surface area contributed by atoms with Crippen molar-refractivity contribution in [1.29, 1.82) is 0 Å². The Morgan fingerprint density at radius 1 is 1.47 bits per heavy atom. The van der Waals surface area contributed by atoms with Crippen LogP contribution in [0, 0.1) is 0 Å². The number of carboxylic acids is 1. The lowest BCUT2D eigenvalue weighted by Crippen LogP contribution is -2.02. The van der Waals surface area contributed by atoms with Gasteiger partial charge in [0.15, 0.2) is 0 Å². The number of epoxide rings is 1. The van der Waals surface area contributed by atoms with Gasteiger partial charge in [0, 0.05) is 6.42 Å². The van der Waals surface area contributed by atoms with Crippen molar-refractivity contribution in [2.75, 3.05) is 6.61 Å². The van der Waals surface area contributed by atoms with Crippen LogP contribution in [0.2, 0.25) is 0 Å². The molecule has 0 aliphatic carbocycles. The van der Waals surface area contributed by atoms with Crippen LogP contribution in [0.4, 0.5) is 0 Å². The molecule has 17 heavy (non-hydrogen) atoms. The Labute approximate surface area is 103 Å². The molecule has 1 heterocycles. The van der Waals surface area contributed by atoms with Gasteiger partial charge in [0.1, 0.15) is 0 Å². The summed E-state index contributed by atoms with van der Waals surface area (Å²) in [6.45, 7) is 8.03. The maximum absolute atomic E-state index is 9.37. The maximum atomic E-state index is 9.37. The van der Waals surface area contributed by atoms with Crippen LogP contribution in [-0.2, 0) is 9.53 Å². The van der Waals surface area contributed by atoms with E-state index < -0.39 is 5.97 Å². The van der Waals surface area contributed by atoms with Crippen LogP contribution in [0.3, 0.4) is 0 Å². The van der Waals surface area contributed by atoms with E-state index in [2.05, 4.69) is 13.8 Å². The minimum Gasteiger partial charge on any atom is -0.481 e. The van der Waals surface area contributed by atoms with E-state index in [4.69, 9.17) is 14.9 Å². The topological polar surface area (TPSA) is 70.1 Å². The van der Waals surface area contributed by atoms with Gasteiger partial charge in [0.2, 0.25) is 0 Å². The first-order valence-electron chi connectivity index (χ1n) is 5.99. The van der Waals surface area contributed by atoms with E-state index in [1.54, 1.807) is 6.92 Å². The summed E-state index contributed by atoms with van der Waals surface area (Å²) in [4.78, 5) is 9.37. The predicted octanol–water partition coefficient (Wildman–Crippen LogP) is 2.36. The molecular formula is C13H24O4. The number of ether oxygens (including phenoxy) is 1. The summed E-state index contributed by atoms with van der Waals surface area (Å²) in [5.74, 6) is -0.745. The van der Waals surface area contributed by atoms with E-state index >= 15 is 0 Å². The molecule has 0 spiro atoms. The molecule has 0 saturated carbocycles. The maximum Gasteiger partial charge on any atom is 0.303 e. The average molecular weight is 244 g/mol. The Kier molecular flexibility index (Phi) is 7.07. The van der Waals surface area contributed by atoms with Crippen molar-refractivity contribution in [2.24, 2.45) is 0 Å². The number of hydrogen-bond donors (Lipinski definition) is 2. The minimum absolute atomic E-state index is 0.111. The molecule has 0 radical (unpaired) electrons. The quantitative estimate of drug-likeness (QED) is 0.575. The Morgan fingerprint density at radius 2 is 1.94 bits per heavy atom. The Balaban J connectivity index is 0.000000437. The minimum atomic E-state index is -0.745. The number of allylic oxidation sites excluding steroid dienone is 1. The van der Waals surface area contributed by atoms with Crippen LogP contribution in [0.25, 0.3) is 0 Å². The number of aliphatic carboxylic acids is 1. The third kappa shape index (κ3) is 7.94. The van der Waals surface area contributed by atoms with Gasteiger partial charge >= 0.3 is 5.97 Å². The monoisotopic (exact) mass is 244 g/mol. The van der Waals surface area contributed by atoms with Gasteiger partial charge in [0.25, 0.3) is 0 Å². The van der Waals surface area contributed by atoms with Gasteiger partial charge in [-0.3, -0.25) is 4.79 Å². The summed E-state index contributed by atoms with van der Waals surface area (Å²) < 4.78 is 5.44. The van der Waals surface area contributed by atoms with E-state index in [0.717, 1.165) is 12.8 Å². The van der Waals surface area contributed by atoms with Crippen LogP contribution in [-0.4, -0.2) is 34.5 Å². The first-order valence-corrected chi connectivity index (χ1v) is 5.99. The van der Waals surface area contributed by atoms with E-state index in [9.17, 15) is 4.79 Å². The summed E-state index contributed by atoms with van der Waals surface area (Å²) in [7, 11) is 0. The van der Waals surface area contributed by atoms with Gasteiger partial charge in [-0.1, -0.05) is 18.6 Å². The fourth-order valence-corrected chi connectivity index (χ4v) is 1.36. The molecule has 1 atom stereocenters. The second-order valence-corrected chi connectivity index (χ2v) is 4.73. The van der Waals surface area contributed by atoms with E-state index in [0.29, 0.717) is 6.10 Å². The van der Waals surface area contributed by atoms with Crippen molar-refractivity contribution >= 4 is 5.97 Å². The lowest BCUT2D eigenvalue weighted by Gasteiger charge is -1.98. The molecule has 1 aliphatic rings. The first kappa shape index (κ1) is 16.1. The molecule has 0 aromatic carbocycles. The third-order valence-electron chi connectivity index (χ3n) is 2.71. The van der Waals surface area contributed by atoms with E-state index in [-0.39, 0.29) is 18.6 Å². The summed E-state index contributed by atoms with van der Waals surface area (Å²) >= 11 is 0. The van der Waals surface area contributed by atoms with E-state index in [1.807, 2.05) is 13.0 Å². The average Bonchev–Trinajstić information content (AvgIpc) is 2.85. The zero-order valence-electron chi connectivity index (χ0n) is 11.2. The summed E-state index contributed by atoms with van der Waals surface area (Å²) in [5, 5.41) is 16.3. The zero-order valence-corrected chi connectivity index (χ0v) is 11.2. The number of carbonyl (C=O) groups is 1. The van der Waals surface area contributed by atoms with Crippen LogP contribution >= 0.6 is 0 Å². The molecule has 0 aromatic rings. The van der Waals surface area contributed by atoms with Crippen LogP contribution in [0.15, 0.2) is 11.6 Å². The highest BCUT2D eigenvalue weighted by atomic mass is 16.6. The molecule has 1 saturated heterocycles. The molecule has 2 N–H and O–H groups in total. The largest absolute Gasteiger partial charge is 0.481 e. The highest BCUT2D eigenvalue weighted by Gasteiger charge is 2.46. The molecule has 4 heteroatoms. The highest BCUT2D eigenvalue weighted by Crippen LogP contribution is 2.38. The molecule has 0 amide bonds. The normalized spacial score (nSPS) is 21.5. The fraction of sp³-hybridized carbons (Fsp3) is 0.769. The summed E-state index contributed by atoms with van der Waals surface area (Å²) in [5.41, 5.74) is 1.36. The Bertz CT molecular complexity index is 269. The Morgan fingerprint density at radius 3 is 2.24 bits per heavy atom. The van der Waals surface area contributed by atoms with Crippen molar-refractivity contribution in [3.05, 3.63) is 11.6 Å². The van der Waals surface area contributed by atoms with Gasteiger partial charge in [-0.25, -0.2) is 0 Å². The SMILES string of the molecule is CC(=CCO)CCC1OC1(C)C.CCC(=O)O. The molecule has 1 fully saturated rings. The number of aliphatic hydroxyl groups excluding tert-OH is 1.